The highest BCUT2D eigenvalue weighted by Crippen LogP contribution is 2.30. The Labute approximate surface area is 162 Å². The first-order chi connectivity index (χ1) is 13.1. The number of hydrogen-bond acceptors (Lipinski definition) is 4. The molecule has 0 saturated heterocycles. The van der Waals surface area contributed by atoms with Gasteiger partial charge in [-0.25, -0.2) is 0 Å². The average molecular weight is 374 g/mol. The molecule has 3 aromatic rings. The standard InChI is InChI=1S/C22H18N2O2S/c1-16-7-10-20(11-8-16)27-21-12-9-19(26-21)13-18(14-23)22(25)24-15-17-5-3-2-4-6-17/h2-13H,15H2,1H3,(H,24,25)/b18-13-. The van der Waals surface area contributed by atoms with Gasteiger partial charge in [0.15, 0.2) is 5.09 Å². The van der Waals surface area contributed by atoms with Crippen LogP contribution in [0.3, 0.4) is 0 Å². The number of benzene rings is 2. The summed E-state index contributed by atoms with van der Waals surface area (Å²) in [6.07, 6.45) is 1.46. The van der Waals surface area contributed by atoms with Gasteiger partial charge in [-0.05, 0) is 36.8 Å². The maximum Gasteiger partial charge on any atom is 0.262 e. The van der Waals surface area contributed by atoms with Crippen LogP contribution < -0.4 is 5.32 Å². The zero-order valence-electron chi connectivity index (χ0n) is 14.8. The lowest BCUT2D eigenvalue weighted by atomic mass is 10.2. The summed E-state index contributed by atoms with van der Waals surface area (Å²) >= 11 is 1.49. The zero-order chi connectivity index (χ0) is 19.1. The number of carbonyl (C=O) groups excluding carboxylic acids is 1. The SMILES string of the molecule is Cc1ccc(Sc2ccc(/C=C(/C#N)C(=O)NCc3ccccc3)o2)cc1. The highest BCUT2D eigenvalue weighted by atomic mass is 32.2. The molecular formula is C22H18N2O2S. The lowest BCUT2D eigenvalue weighted by Crippen LogP contribution is -2.23. The van der Waals surface area contributed by atoms with E-state index < -0.39 is 5.91 Å². The van der Waals surface area contributed by atoms with E-state index in [1.807, 2.05) is 73.7 Å². The molecule has 1 N–H and O–H groups in total. The molecular weight excluding hydrogens is 356 g/mol. The summed E-state index contributed by atoms with van der Waals surface area (Å²) in [6.45, 7) is 2.40. The number of nitrogens with one attached hydrogen (secondary N) is 1. The van der Waals surface area contributed by atoms with Gasteiger partial charge in [0.1, 0.15) is 17.4 Å². The largest absolute Gasteiger partial charge is 0.450 e. The van der Waals surface area contributed by atoms with Gasteiger partial charge in [-0.2, -0.15) is 5.26 Å². The second kappa shape index (κ2) is 8.93. The first-order valence-corrected chi connectivity index (χ1v) is 9.24. The van der Waals surface area contributed by atoms with Crippen molar-refractivity contribution in [1.82, 2.24) is 5.32 Å². The van der Waals surface area contributed by atoms with E-state index in [9.17, 15) is 10.1 Å². The van der Waals surface area contributed by atoms with Crippen LogP contribution in [0.15, 0.2) is 86.7 Å². The maximum atomic E-state index is 12.2. The molecule has 0 spiro atoms. The third-order valence-corrected chi connectivity index (χ3v) is 4.72. The Balaban J connectivity index is 1.65. The van der Waals surface area contributed by atoms with E-state index in [1.54, 1.807) is 6.07 Å². The Hall–Kier alpha value is -3.23. The van der Waals surface area contributed by atoms with Crippen LogP contribution in [0.4, 0.5) is 0 Å². The number of nitrogens with zero attached hydrogens (tertiary/aromatic N) is 1. The van der Waals surface area contributed by atoms with Gasteiger partial charge in [-0.1, -0.05) is 59.8 Å². The smallest absolute Gasteiger partial charge is 0.262 e. The van der Waals surface area contributed by atoms with Crippen molar-refractivity contribution in [2.75, 3.05) is 0 Å². The van der Waals surface area contributed by atoms with Gasteiger partial charge in [-0.15, -0.1) is 0 Å². The summed E-state index contributed by atoms with van der Waals surface area (Å²) in [4.78, 5) is 13.3. The summed E-state index contributed by atoms with van der Waals surface area (Å²) in [5.74, 6) is 0.0431. The molecule has 0 aliphatic heterocycles. The molecule has 3 rings (SSSR count). The summed E-state index contributed by atoms with van der Waals surface area (Å²) in [5, 5.41) is 12.7. The van der Waals surface area contributed by atoms with Crippen molar-refractivity contribution in [2.24, 2.45) is 0 Å². The van der Waals surface area contributed by atoms with Crippen molar-refractivity contribution >= 4 is 23.7 Å². The topological polar surface area (TPSA) is 66.0 Å². The second-order valence-electron chi connectivity index (χ2n) is 5.91. The fraction of sp³-hybridized carbons (Fsp3) is 0.0909. The molecule has 0 bridgehead atoms. The second-order valence-corrected chi connectivity index (χ2v) is 6.99. The summed E-state index contributed by atoms with van der Waals surface area (Å²) in [7, 11) is 0. The zero-order valence-corrected chi connectivity index (χ0v) is 15.6. The fourth-order valence-corrected chi connectivity index (χ4v) is 3.13. The monoisotopic (exact) mass is 374 g/mol. The Morgan fingerprint density at radius 2 is 1.85 bits per heavy atom. The highest BCUT2D eigenvalue weighted by Gasteiger charge is 2.11. The summed E-state index contributed by atoms with van der Waals surface area (Å²) in [5.41, 5.74) is 2.17. The van der Waals surface area contributed by atoms with Crippen LogP contribution in [-0.2, 0) is 11.3 Å². The van der Waals surface area contributed by atoms with Gasteiger partial charge in [0, 0.05) is 17.5 Å². The predicted molar refractivity (Wildman–Crippen MR) is 106 cm³/mol. The third kappa shape index (κ3) is 5.37. The molecule has 1 amide bonds. The lowest BCUT2D eigenvalue weighted by Gasteiger charge is -2.03. The summed E-state index contributed by atoms with van der Waals surface area (Å²) in [6, 6.07) is 23.2. The quantitative estimate of drug-likeness (QED) is 0.489. The van der Waals surface area contributed by atoms with Crippen LogP contribution in [-0.4, -0.2) is 5.91 Å². The van der Waals surface area contributed by atoms with Gasteiger partial charge in [0.05, 0.1) is 0 Å². The molecule has 0 unspecified atom stereocenters. The van der Waals surface area contributed by atoms with E-state index in [2.05, 4.69) is 5.32 Å². The van der Waals surface area contributed by atoms with E-state index in [-0.39, 0.29) is 5.57 Å². The van der Waals surface area contributed by atoms with E-state index in [1.165, 1.54) is 23.4 Å². The number of rotatable bonds is 6. The first kappa shape index (κ1) is 18.6. The molecule has 27 heavy (non-hydrogen) atoms. The molecule has 0 saturated carbocycles. The predicted octanol–water partition coefficient (Wildman–Crippen LogP) is 4.96. The normalized spacial score (nSPS) is 11.0. The van der Waals surface area contributed by atoms with Crippen molar-refractivity contribution in [1.29, 1.82) is 5.26 Å². The average Bonchev–Trinajstić information content (AvgIpc) is 3.14. The molecule has 0 aliphatic rings. The molecule has 2 aromatic carbocycles. The first-order valence-electron chi connectivity index (χ1n) is 8.42. The Bertz CT molecular complexity index is 983. The van der Waals surface area contributed by atoms with Crippen molar-refractivity contribution in [3.05, 3.63) is 89.2 Å². The molecule has 134 valence electrons. The molecule has 1 heterocycles. The molecule has 0 radical (unpaired) electrons. The van der Waals surface area contributed by atoms with Crippen LogP contribution >= 0.6 is 11.8 Å². The van der Waals surface area contributed by atoms with E-state index in [0.29, 0.717) is 17.4 Å². The molecule has 5 heteroatoms. The van der Waals surface area contributed by atoms with Crippen LogP contribution in [0, 0.1) is 18.3 Å². The molecule has 0 aliphatic carbocycles. The number of furan rings is 1. The van der Waals surface area contributed by atoms with Gasteiger partial charge in [-0.3, -0.25) is 4.79 Å². The molecule has 0 atom stereocenters. The van der Waals surface area contributed by atoms with Gasteiger partial charge in [0.25, 0.3) is 5.91 Å². The minimum absolute atomic E-state index is 0.00664. The van der Waals surface area contributed by atoms with Crippen molar-refractivity contribution in [2.45, 2.75) is 23.5 Å². The number of aryl methyl sites for hydroxylation is 1. The Morgan fingerprint density at radius 1 is 1.11 bits per heavy atom. The maximum absolute atomic E-state index is 12.2. The molecule has 1 aromatic heterocycles. The summed E-state index contributed by atoms with van der Waals surface area (Å²) < 4.78 is 5.72. The number of carbonyl (C=O) groups is 1. The number of hydrogen-bond donors (Lipinski definition) is 1. The van der Waals surface area contributed by atoms with Gasteiger partial charge >= 0.3 is 0 Å². The number of nitriles is 1. The fourth-order valence-electron chi connectivity index (χ4n) is 2.35. The van der Waals surface area contributed by atoms with Crippen molar-refractivity contribution in [3.63, 3.8) is 0 Å². The number of amides is 1. The van der Waals surface area contributed by atoms with Gasteiger partial charge in [0.2, 0.25) is 0 Å². The van der Waals surface area contributed by atoms with Crippen molar-refractivity contribution < 1.29 is 9.21 Å². The van der Waals surface area contributed by atoms with Crippen LogP contribution in [0.5, 0.6) is 0 Å². The van der Waals surface area contributed by atoms with E-state index in [4.69, 9.17) is 4.42 Å². The lowest BCUT2D eigenvalue weighted by molar-refractivity contribution is -0.117. The Morgan fingerprint density at radius 3 is 2.56 bits per heavy atom. The minimum atomic E-state index is -0.425. The highest BCUT2D eigenvalue weighted by molar-refractivity contribution is 7.99. The van der Waals surface area contributed by atoms with Crippen LogP contribution in [0.1, 0.15) is 16.9 Å². The van der Waals surface area contributed by atoms with E-state index >= 15 is 0 Å². The van der Waals surface area contributed by atoms with Crippen molar-refractivity contribution in [3.8, 4) is 6.07 Å². The van der Waals surface area contributed by atoms with E-state index in [0.717, 1.165) is 10.5 Å². The van der Waals surface area contributed by atoms with Crippen LogP contribution in [0.2, 0.25) is 0 Å². The molecule has 0 fully saturated rings. The van der Waals surface area contributed by atoms with Crippen LogP contribution in [0.25, 0.3) is 6.08 Å². The minimum Gasteiger partial charge on any atom is -0.450 e. The third-order valence-electron chi connectivity index (χ3n) is 3.79. The Kier molecular flexibility index (Phi) is 6.14. The van der Waals surface area contributed by atoms with Gasteiger partial charge < -0.3 is 9.73 Å². The molecule has 4 nitrogen and oxygen atoms in total.